The van der Waals surface area contributed by atoms with Crippen LogP contribution in [0, 0.1) is 12.3 Å². The average Bonchev–Trinajstić information content (AvgIpc) is 2.84. The summed E-state index contributed by atoms with van der Waals surface area (Å²) in [6.07, 6.45) is 19.0. The zero-order valence-electron chi connectivity index (χ0n) is 22.2. The van der Waals surface area contributed by atoms with Crippen LogP contribution in [-0.4, -0.2) is 47.5 Å². The summed E-state index contributed by atoms with van der Waals surface area (Å²) in [4.78, 5) is 23.0. The van der Waals surface area contributed by atoms with E-state index in [1.54, 1.807) is 45.0 Å². The Morgan fingerprint density at radius 2 is 1.53 bits per heavy atom. The quantitative estimate of drug-likeness (QED) is 0.410. The number of nitrogens with one attached hydrogen (secondary N) is 2. The lowest BCUT2D eigenvalue weighted by molar-refractivity contribution is -0.139. The Morgan fingerprint density at radius 3 is 1.97 bits per heavy atom. The number of carbonyl (C=O) groups excluding carboxylic acids is 1. The van der Waals surface area contributed by atoms with Crippen molar-refractivity contribution in [3.8, 4) is 18.1 Å². The third-order valence-electron chi connectivity index (χ3n) is 6.36. The number of hydrogen-bond donors (Lipinski definition) is 3. The number of benzene rings is 1. The molecular formula is C29H44N2O5. The normalized spacial score (nSPS) is 17.6. The van der Waals surface area contributed by atoms with Gasteiger partial charge in [-0.15, -0.1) is 6.42 Å². The molecule has 2 fully saturated rings. The van der Waals surface area contributed by atoms with E-state index in [1.807, 2.05) is 0 Å². The molecule has 0 aromatic heterocycles. The fourth-order valence-corrected chi connectivity index (χ4v) is 4.60. The molecule has 1 aromatic rings. The predicted octanol–water partition coefficient (Wildman–Crippen LogP) is 5.46. The van der Waals surface area contributed by atoms with Crippen LogP contribution in [0.4, 0.5) is 4.79 Å². The van der Waals surface area contributed by atoms with Crippen molar-refractivity contribution < 1.29 is 24.2 Å². The van der Waals surface area contributed by atoms with E-state index < -0.39 is 23.7 Å². The molecule has 7 heteroatoms. The summed E-state index contributed by atoms with van der Waals surface area (Å²) in [5.74, 6) is 1.82. The van der Waals surface area contributed by atoms with E-state index in [0.717, 1.165) is 17.6 Å². The zero-order chi connectivity index (χ0) is 26.4. The second kappa shape index (κ2) is 15.4. The minimum atomic E-state index is -1.14. The van der Waals surface area contributed by atoms with Gasteiger partial charge in [0.25, 0.3) is 0 Å². The summed E-state index contributed by atoms with van der Waals surface area (Å²) in [6, 6.07) is 7.49. The molecule has 3 N–H and O–H groups in total. The molecule has 1 unspecified atom stereocenters. The van der Waals surface area contributed by atoms with Crippen molar-refractivity contribution in [1.82, 2.24) is 10.6 Å². The van der Waals surface area contributed by atoms with Gasteiger partial charge in [0.15, 0.2) is 0 Å². The van der Waals surface area contributed by atoms with Crippen molar-refractivity contribution in [2.75, 3.05) is 6.61 Å². The minimum absolute atomic E-state index is 0.129. The number of aliphatic carboxylic acids is 1. The van der Waals surface area contributed by atoms with Gasteiger partial charge in [-0.1, -0.05) is 56.6 Å². The van der Waals surface area contributed by atoms with Crippen LogP contribution in [0.5, 0.6) is 5.75 Å². The van der Waals surface area contributed by atoms with Gasteiger partial charge in [0.1, 0.15) is 24.0 Å². The van der Waals surface area contributed by atoms with E-state index >= 15 is 0 Å². The van der Waals surface area contributed by atoms with Crippen LogP contribution in [0.25, 0.3) is 0 Å². The van der Waals surface area contributed by atoms with Crippen LogP contribution in [0.2, 0.25) is 0 Å². The van der Waals surface area contributed by atoms with Crippen LogP contribution in [0.1, 0.15) is 90.5 Å². The second-order valence-electron chi connectivity index (χ2n) is 10.7. The molecule has 0 saturated heterocycles. The molecule has 0 heterocycles. The summed E-state index contributed by atoms with van der Waals surface area (Å²) < 4.78 is 10.3. The molecule has 2 aliphatic carbocycles. The number of carboxylic acid groups (broad SMARTS) is 1. The van der Waals surface area contributed by atoms with Gasteiger partial charge in [-0.2, -0.15) is 0 Å². The van der Waals surface area contributed by atoms with Crippen LogP contribution in [0.15, 0.2) is 24.3 Å². The molecule has 36 heavy (non-hydrogen) atoms. The summed E-state index contributed by atoms with van der Waals surface area (Å²) >= 11 is 0. The van der Waals surface area contributed by atoms with Gasteiger partial charge >= 0.3 is 12.1 Å². The number of alkyl carbamates (subject to hydrolysis) is 1. The van der Waals surface area contributed by atoms with E-state index in [1.165, 1.54) is 64.2 Å². The summed E-state index contributed by atoms with van der Waals surface area (Å²) in [5, 5.41) is 15.4. The molecule has 0 aliphatic heterocycles. The Bertz CT molecular complexity index is 813. The molecule has 0 bridgehead atoms. The topological polar surface area (TPSA) is 96.9 Å². The first-order chi connectivity index (χ1) is 17.2. The molecule has 2 saturated carbocycles. The molecule has 1 aromatic carbocycles. The highest BCUT2D eigenvalue weighted by molar-refractivity contribution is 5.80. The van der Waals surface area contributed by atoms with Crippen molar-refractivity contribution in [1.29, 1.82) is 0 Å². The van der Waals surface area contributed by atoms with Gasteiger partial charge in [0.2, 0.25) is 0 Å². The van der Waals surface area contributed by atoms with E-state index in [0.29, 0.717) is 5.75 Å². The van der Waals surface area contributed by atoms with Crippen molar-refractivity contribution in [2.24, 2.45) is 0 Å². The Hall–Kier alpha value is -2.72. The first-order valence-electron chi connectivity index (χ1n) is 13.3. The van der Waals surface area contributed by atoms with Crippen LogP contribution in [0.3, 0.4) is 0 Å². The number of terminal acetylenes is 1. The molecule has 2 aliphatic rings. The van der Waals surface area contributed by atoms with Gasteiger partial charge in [0, 0.05) is 18.5 Å². The highest BCUT2D eigenvalue weighted by Crippen LogP contribution is 2.22. The maximum Gasteiger partial charge on any atom is 0.408 e. The lowest BCUT2D eigenvalue weighted by Crippen LogP contribution is -2.44. The van der Waals surface area contributed by atoms with Crippen LogP contribution >= 0.6 is 0 Å². The lowest BCUT2D eigenvalue weighted by atomic mass is 9.91. The molecule has 1 atom stereocenters. The number of carboxylic acids is 1. The predicted molar refractivity (Wildman–Crippen MR) is 142 cm³/mol. The van der Waals surface area contributed by atoms with E-state index in [2.05, 4.69) is 16.6 Å². The molecule has 200 valence electrons. The molecular weight excluding hydrogens is 456 g/mol. The standard InChI is InChI=1S/C17H21NO5.C12H23N/c1-5-10-22-13-8-6-12(7-9-13)11-14(15(19)20)18-16(21)23-17(2,3)4;1-3-7-11(8-4-1)13-12-9-5-2-6-10-12/h1,6-9,14H,10-11H2,2-4H3,(H,18,21)(H,19,20);11-13H,1-10H2. The van der Waals surface area contributed by atoms with Crippen LogP contribution in [-0.2, 0) is 16.0 Å². The molecule has 3 rings (SSSR count). The van der Waals surface area contributed by atoms with Crippen molar-refractivity contribution in [3.63, 3.8) is 0 Å². The summed E-state index contributed by atoms with van der Waals surface area (Å²) in [7, 11) is 0. The van der Waals surface area contributed by atoms with Gasteiger partial charge in [-0.05, 0) is 64.2 Å². The number of rotatable bonds is 8. The van der Waals surface area contributed by atoms with Crippen molar-refractivity contribution >= 4 is 12.1 Å². The van der Waals surface area contributed by atoms with Gasteiger partial charge in [0.05, 0.1) is 0 Å². The first kappa shape index (κ1) is 29.5. The molecule has 0 spiro atoms. The summed E-state index contributed by atoms with van der Waals surface area (Å²) in [5.41, 5.74) is 0.0462. The summed E-state index contributed by atoms with van der Waals surface area (Å²) in [6.45, 7) is 5.28. The largest absolute Gasteiger partial charge is 0.481 e. The number of carbonyl (C=O) groups is 2. The molecule has 1 amide bonds. The van der Waals surface area contributed by atoms with Gasteiger partial charge < -0.3 is 25.2 Å². The fraction of sp³-hybridized carbons (Fsp3) is 0.655. The Labute approximate surface area is 216 Å². The molecule has 0 radical (unpaired) electrons. The van der Waals surface area contributed by atoms with E-state index in [4.69, 9.17) is 15.9 Å². The lowest BCUT2D eigenvalue weighted by Gasteiger charge is -2.30. The van der Waals surface area contributed by atoms with Crippen LogP contribution < -0.4 is 15.4 Å². The first-order valence-corrected chi connectivity index (χ1v) is 13.3. The number of hydrogen-bond acceptors (Lipinski definition) is 5. The van der Waals surface area contributed by atoms with Crippen molar-refractivity contribution in [3.05, 3.63) is 29.8 Å². The maximum absolute atomic E-state index is 11.7. The fourth-order valence-electron chi connectivity index (χ4n) is 4.60. The minimum Gasteiger partial charge on any atom is -0.481 e. The van der Waals surface area contributed by atoms with Gasteiger partial charge in [-0.3, -0.25) is 0 Å². The van der Waals surface area contributed by atoms with E-state index in [9.17, 15) is 14.7 Å². The Morgan fingerprint density at radius 1 is 1.00 bits per heavy atom. The highest BCUT2D eigenvalue weighted by atomic mass is 16.6. The smallest absolute Gasteiger partial charge is 0.408 e. The van der Waals surface area contributed by atoms with E-state index in [-0.39, 0.29) is 13.0 Å². The highest BCUT2D eigenvalue weighted by Gasteiger charge is 2.24. The SMILES string of the molecule is C#CCOc1ccc(CC(NC(=O)OC(C)(C)C)C(=O)O)cc1.C1CCC(NC2CCCCC2)CC1. The number of ether oxygens (including phenoxy) is 2. The zero-order valence-corrected chi connectivity index (χ0v) is 22.2. The maximum atomic E-state index is 11.7. The third-order valence-corrected chi connectivity index (χ3v) is 6.36. The second-order valence-corrected chi connectivity index (χ2v) is 10.7. The Balaban J connectivity index is 0.000000293. The van der Waals surface area contributed by atoms with Crippen molar-refractivity contribution in [2.45, 2.75) is 115 Å². The third kappa shape index (κ3) is 12.3. The number of amides is 1. The Kier molecular flexibility index (Phi) is 12.6. The van der Waals surface area contributed by atoms with Gasteiger partial charge in [-0.25, -0.2) is 9.59 Å². The monoisotopic (exact) mass is 500 g/mol. The average molecular weight is 501 g/mol. The molecule has 7 nitrogen and oxygen atoms in total.